The molecule has 0 bridgehead atoms. The molecule has 0 radical (unpaired) electrons. The molecule has 0 saturated heterocycles. The second-order valence-electron chi connectivity index (χ2n) is 5.44. The number of benzene rings is 2. The smallest absolute Gasteiger partial charge is 0.282 e. The minimum Gasteiger partial charge on any atom is -0.320 e. The Labute approximate surface area is 145 Å². The van der Waals surface area contributed by atoms with Gasteiger partial charge in [-0.15, -0.1) is 0 Å². The van der Waals surface area contributed by atoms with Crippen molar-refractivity contribution >= 4 is 34.1 Å². The summed E-state index contributed by atoms with van der Waals surface area (Å²) in [6.45, 7) is 1.28. The molecule has 2 rings (SSSR count). The Balaban J connectivity index is 2.37. The van der Waals surface area contributed by atoms with Crippen molar-refractivity contribution in [2.45, 2.75) is 6.61 Å². The zero-order valence-electron chi connectivity index (χ0n) is 13.6. The summed E-state index contributed by atoms with van der Waals surface area (Å²) in [7, 11) is -7.15. The molecule has 0 fully saturated rings. The summed E-state index contributed by atoms with van der Waals surface area (Å²) in [5, 5.41) is 11.1. The molecular weight excluding hydrogens is 367 g/mol. The van der Waals surface area contributed by atoms with Crippen LogP contribution in [-0.4, -0.2) is 26.3 Å². The van der Waals surface area contributed by atoms with E-state index in [2.05, 4.69) is 4.72 Å². The van der Waals surface area contributed by atoms with Gasteiger partial charge in [-0.05, 0) is 17.7 Å². The second-order valence-corrected chi connectivity index (χ2v) is 9.62. The summed E-state index contributed by atoms with van der Waals surface area (Å²) in [6.07, 6.45) is 0.950. The van der Waals surface area contributed by atoms with E-state index in [1.54, 1.807) is 24.3 Å². The highest BCUT2D eigenvalue weighted by Crippen LogP contribution is 2.45. The summed E-state index contributed by atoms with van der Waals surface area (Å²) in [6, 6.07) is 12.5. The van der Waals surface area contributed by atoms with Crippen molar-refractivity contribution in [1.82, 2.24) is 0 Å². The average molecular weight is 384 g/mol. The Kier molecular flexibility index (Phi) is 5.62. The number of hydrogen-bond acceptors (Lipinski definition) is 6. The number of nitrogens with zero attached hydrogens (tertiary/aromatic N) is 1. The summed E-state index contributed by atoms with van der Waals surface area (Å²) in [5.41, 5.74) is 0.448. The number of sulfonamides is 1. The standard InChI is InChI=1S/C15H17N2O6PS/c1-24(20,23-11-12-6-4-3-5-7-12)15-10-13(16-25(2,21)22)8-9-14(15)17(18)19/h3-10,16H,11H2,1-2H3. The lowest BCUT2D eigenvalue weighted by molar-refractivity contribution is -0.383. The van der Waals surface area contributed by atoms with E-state index in [1.807, 2.05) is 6.07 Å². The Morgan fingerprint density at radius 3 is 2.40 bits per heavy atom. The highest BCUT2D eigenvalue weighted by molar-refractivity contribution is 7.92. The van der Waals surface area contributed by atoms with Gasteiger partial charge in [-0.3, -0.25) is 19.4 Å². The van der Waals surface area contributed by atoms with Crippen LogP contribution in [-0.2, 0) is 25.7 Å². The number of rotatable bonds is 7. The van der Waals surface area contributed by atoms with E-state index >= 15 is 0 Å². The number of nitro groups is 1. The van der Waals surface area contributed by atoms with Crippen molar-refractivity contribution in [3.63, 3.8) is 0 Å². The zero-order chi connectivity index (χ0) is 18.7. The van der Waals surface area contributed by atoms with Crippen LogP contribution in [0.1, 0.15) is 5.56 Å². The molecule has 10 heteroatoms. The molecule has 2 aromatic rings. The Hall–Kier alpha value is -2.22. The predicted molar refractivity (Wildman–Crippen MR) is 96.0 cm³/mol. The average Bonchev–Trinajstić information content (AvgIpc) is 2.52. The molecule has 1 N–H and O–H groups in total. The quantitative estimate of drug-likeness (QED) is 0.446. The molecule has 0 heterocycles. The Morgan fingerprint density at radius 2 is 1.84 bits per heavy atom. The minimum absolute atomic E-state index is 0.00943. The molecule has 1 atom stereocenters. The largest absolute Gasteiger partial charge is 0.320 e. The second kappa shape index (κ2) is 7.35. The molecule has 1 unspecified atom stereocenters. The lowest BCUT2D eigenvalue weighted by atomic mass is 10.2. The van der Waals surface area contributed by atoms with Crippen molar-refractivity contribution in [3.8, 4) is 0 Å². The van der Waals surface area contributed by atoms with Crippen LogP contribution in [0.4, 0.5) is 11.4 Å². The van der Waals surface area contributed by atoms with E-state index in [9.17, 15) is 23.1 Å². The number of nitro benzene ring substituents is 1. The number of hydrogen-bond donors (Lipinski definition) is 1. The summed E-state index contributed by atoms with van der Waals surface area (Å²) >= 11 is 0. The van der Waals surface area contributed by atoms with Crippen LogP contribution < -0.4 is 10.0 Å². The topological polar surface area (TPSA) is 116 Å². The van der Waals surface area contributed by atoms with E-state index in [0.717, 1.165) is 17.9 Å². The van der Waals surface area contributed by atoms with Gasteiger partial charge in [0.05, 0.1) is 17.8 Å². The third-order valence-electron chi connectivity index (χ3n) is 3.23. The van der Waals surface area contributed by atoms with Gasteiger partial charge in [0.1, 0.15) is 5.30 Å². The fourth-order valence-corrected chi connectivity index (χ4v) is 4.16. The van der Waals surface area contributed by atoms with E-state index in [4.69, 9.17) is 4.52 Å². The van der Waals surface area contributed by atoms with Crippen LogP contribution in [0.3, 0.4) is 0 Å². The first-order valence-corrected chi connectivity index (χ1v) is 11.1. The van der Waals surface area contributed by atoms with Crippen LogP contribution >= 0.6 is 7.37 Å². The summed E-state index contributed by atoms with van der Waals surface area (Å²) in [5.74, 6) is 0. The molecule has 0 aliphatic carbocycles. The molecule has 0 aromatic heterocycles. The first-order chi connectivity index (χ1) is 11.6. The lowest BCUT2D eigenvalue weighted by Crippen LogP contribution is -2.16. The molecule has 2 aromatic carbocycles. The van der Waals surface area contributed by atoms with Crippen molar-refractivity contribution < 1.29 is 22.4 Å². The number of nitrogens with one attached hydrogen (secondary N) is 1. The SMILES string of the molecule is CP(=O)(OCc1ccccc1)c1cc(NS(C)(=O)=O)ccc1[N+](=O)[O-]. The summed E-state index contributed by atoms with van der Waals surface area (Å²) < 4.78 is 43.3. The molecule has 0 amide bonds. The molecule has 134 valence electrons. The van der Waals surface area contributed by atoms with Crippen molar-refractivity contribution in [1.29, 1.82) is 0 Å². The van der Waals surface area contributed by atoms with E-state index < -0.39 is 28.0 Å². The lowest BCUT2D eigenvalue weighted by Gasteiger charge is -2.16. The van der Waals surface area contributed by atoms with Crippen LogP contribution in [0.2, 0.25) is 0 Å². The monoisotopic (exact) mass is 384 g/mol. The van der Waals surface area contributed by atoms with Crippen molar-refractivity contribution in [2.24, 2.45) is 0 Å². The molecule has 0 saturated carbocycles. The first-order valence-electron chi connectivity index (χ1n) is 7.11. The van der Waals surface area contributed by atoms with E-state index in [1.165, 1.54) is 18.8 Å². The minimum atomic E-state index is -3.58. The Morgan fingerprint density at radius 1 is 1.20 bits per heavy atom. The third-order valence-corrected chi connectivity index (χ3v) is 5.70. The van der Waals surface area contributed by atoms with Gasteiger partial charge in [-0.2, -0.15) is 0 Å². The van der Waals surface area contributed by atoms with Gasteiger partial charge in [0.2, 0.25) is 17.4 Å². The molecule has 0 aliphatic rings. The van der Waals surface area contributed by atoms with E-state index in [-0.39, 0.29) is 17.6 Å². The van der Waals surface area contributed by atoms with Gasteiger partial charge in [0.15, 0.2) is 0 Å². The van der Waals surface area contributed by atoms with Crippen molar-refractivity contribution in [2.75, 3.05) is 17.6 Å². The fraction of sp³-hybridized carbons (Fsp3) is 0.200. The highest BCUT2D eigenvalue weighted by atomic mass is 32.2. The van der Waals surface area contributed by atoms with E-state index in [0.29, 0.717) is 0 Å². The van der Waals surface area contributed by atoms with Gasteiger partial charge in [0, 0.05) is 18.4 Å². The predicted octanol–water partition coefficient (Wildman–Crippen LogP) is 2.72. The summed E-state index contributed by atoms with van der Waals surface area (Å²) in [4.78, 5) is 10.6. The first kappa shape index (κ1) is 19.1. The zero-order valence-corrected chi connectivity index (χ0v) is 15.3. The van der Waals surface area contributed by atoms with Crippen LogP contribution in [0.5, 0.6) is 0 Å². The van der Waals surface area contributed by atoms with Gasteiger partial charge < -0.3 is 4.52 Å². The maximum absolute atomic E-state index is 12.9. The van der Waals surface area contributed by atoms with Crippen LogP contribution in [0, 0.1) is 10.1 Å². The highest BCUT2D eigenvalue weighted by Gasteiger charge is 2.29. The fourth-order valence-electron chi connectivity index (χ4n) is 2.12. The molecule has 8 nitrogen and oxygen atoms in total. The van der Waals surface area contributed by atoms with Crippen LogP contribution in [0.15, 0.2) is 48.5 Å². The maximum atomic E-state index is 12.9. The third kappa shape index (κ3) is 5.38. The van der Waals surface area contributed by atoms with Gasteiger partial charge >= 0.3 is 0 Å². The van der Waals surface area contributed by atoms with Gasteiger partial charge in [-0.1, -0.05) is 30.3 Å². The molecule has 0 spiro atoms. The Bertz CT molecular complexity index is 930. The van der Waals surface area contributed by atoms with Gasteiger partial charge in [-0.25, -0.2) is 8.42 Å². The maximum Gasteiger partial charge on any atom is 0.282 e. The van der Waals surface area contributed by atoms with Crippen LogP contribution in [0.25, 0.3) is 0 Å². The molecular formula is C15H17N2O6PS. The number of anilines is 1. The molecule has 25 heavy (non-hydrogen) atoms. The van der Waals surface area contributed by atoms with Gasteiger partial charge in [0.25, 0.3) is 5.69 Å². The van der Waals surface area contributed by atoms with Crippen molar-refractivity contribution in [3.05, 3.63) is 64.2 Å². The normalized spacial score (nSPS) is 13.8. The molecule has 0 aliphatic heterocycles.